The van der Waals surface area contributed by atoms with E-state index in [1.54, 1.807) is 6.92 Å². The first kappa shape index (κ1) is 18.3. The Balaban J connectivity index is 2.28. The van der Waals surface area contributed by atoms with Crippen molar-refractivity contribution < 1.29 is 19.6 Å². The lowest BCUT2D eigenvalue weighted by Crippen LogP contribution is -2.42. The molecule has 1 heterocycles. The maximum atomic E-state index is 12.5. The van der Waals surface area contributed by atoms with Crippen molar-refractivity contribution in [2.45, 2.75) is 25.8 Å². The zero-order chi connectivity index (χ0) is 18.8. The number of hydrogen-bond acceptors (Lipinski definition) is 8. The Morgan fingerprint density at radius 2 is 2.00 bits per heavy atom. The van der Waals surface area contributed by atoms with Crippen LogP contribution in [0.5, 0.6) is 0 Å². The van der Waals surface area contributed by atoms with Gasteiger partial charge in [-0.05, 0) is 25.5 Å². The number of nitrogens with two attached hydrogens (primary N) is 1. The second kappa shape index (κ2) is 6.85. The number of non-ortho nitro benzene ring substituents is 1. The molecule has 2 rings (SSSR count). The second-order valence-corrected chi connectivity index (χ2v) is 6.48. The minimum Gasteiger partial charge on any atom is -0.480 e. The van der Waals surface area contributed by atoms with Gasteiger partial charge in [0.2, 0.25) is 5.78 Å². The van der Waals surface area contributed by atoms with E-state index in [1.165, 1.54) is 31.2 Å². The quantitative estimate of drug-likeness (QED) is 0.385. The molecule has 2 aromatic rings. The molecule has 1 aromatic carbocycles. The van der Waals surface area contributed by atoms with Gasteiger partial charge in [0.15, 0.2) is 5.13 Å². The average molecular weight is 364 g/mol. The molecule has 9 nitrogen and oxygen atoms in total. The van der Waals surface area contributed by atoms with Crippen molar-refractivity contribution in [1.29, 1.82) is 0 Å². The van der Waals surface area contributed by atoms with Gasteiger partial charge < -0.3 is 16.2 Å². The average Bonchev–Trinajstić information content (AvgIpc) is 2.94. The summed E-state index contributed by atoms with van der Waals surface area (Å²) in [5.74, 6) is -1.52. The number of nitro groups is 1. The molecule has 0 aliphatic heterocycles. The van der Waals surface area contributed by atoms with E-state index in [2.05, 4.69) is 10.3 Å². The summed E-state index contributed by atoms with van der Waals surface area (Å²) in [5, 5.41) is 23.0. The van der Waals surface area contributed by atoms with Gasteiger partial charge in [-0.15, -0.1) is 0 Å². The molecule has 132 valence electrons. The van der Waals surface area contributed by atoms with Crippen LogP contribution in [0.1, 0.15) is 35.5 Å². The fraction of sp³-hybridized carbons (Fsp3) is 0.267. The van der Waals surface area contributed by atoms with Gasteiger partial charge in [-0.3, -0.25) is 14.9 Å². The third kappa shape index (κ3) is 3.74. The van der Waals surface area contributed by atoms with Crippen molar-refractivity contribution in [2.24, 2.45) is 0 Å². The summed E-state index contributed by atoms with van der Waals surface area (Å²) in [5.41, 5.74) is 4.64. The number of nitrogens with zero attached hydrogens (tertiary/aromatic N) is 2. The molecule has 4 N–H and O–H groups in total. The molecule has 0 saturated heterocycles. The van der Waals surface area contributed by atoms with Gasteiger partial charge in [0.25, 0.3) is 5.69 Å². The smallest absolute Gasteiger partial charge is 0.329 e. The van der Waals surface area contributed by atoms with E-state index in [-0.39, 0.29) is 27.1 Å². The van der Waals surface area contributed by atoms with Gasteiger partial charge in [-0.2, -0.15) is 0 Å². The number of carboxylic acids is 1. The predicted octanol–water partition coefficient (Wildman–Crippen LogP) is 2.53. The van der Waals surface area contributed by atoms with E-state index in [0.717, 1.165) is 11.3 Å². The van der Waals surface area contributed by atoms with Crippen LogP contribution in [-0.2, 0) is 4.79 Å². The molecule has 0 saturated carbocycles. The third-order valence-corrected chi connectivity index (χ3v) is 4.75. The Bertz CT molecular complexity index is 833. The number of nitrogens with one attached hydrogen (secondary N) is 1. The number of nitrogen functional groups attached to an aromatic ring is 1. The third-order valence-electron chi connectivity index (χ3n) is 3.76. The normalized spacial score (nSPS) is 13.0. The molecule has 0 amide bonds. The number of aliphatic carboxylic acids is 1. The first-order chi connectivity index (χ1) is 11.7. The molecule has 1 unspecified atom stereocenters. The number of aromatic nitrogens is 1. The summed E-state index contributed by atoms with van der Waals surface area (Å²) >= 11 is 0.939. The molecule has 0 bridgehead atoms. The van der Waals surface area contributed by atoms with Crippen LogP contribution >= 0.6 is 11.3 Å². The van der Waals surface area contributed by atoms with E-state index < -0.39 is 22.2 Å². The number of rotatable bonds is 7. The fourth-order valence-electron chi connectivity index (χ4n) is 1.94. The summed E-state index contributed by atoms with van der Waals surface area (Å²) in [6, 6.07) is 5.12. The highest BCUT2D eigenvalue weighted by atomic mass is 32.1. The van der Waals surface area contributed by atoms with Crippen molar-refractivity contribution in [2.75, 3.05) is 11.1 Å². The number of benzene rings is 1. The molecule has 1 atom stereocenters. The highest BCUT2D eigenvalue weighted by Crippen LogP contribution is 2.30. The summed E-state index contributed by atoms with van der Waals surface area (Å²) in [4.78, 5) is 38.1. The van der Waals surface area contributed by atoms with Crippen LogP contribution in [0.25, 0.3) is 0 Å². The molecule has 0 fully saturated rings. The summed E-state index contributed by atoms with van der Waals surface area (Å²) in [6.07, 6.45) is 0.299. The van der Waals surface area contributed by atoms with E-state index in [1.807, 2.05) is 0 Å². The first-order valence-electron chi connectivity index (χ1n) is 7.25. The molecular weight excluding hydrogens is 348 g/mol. The largest absolute Gasteiger partial charge is 0.480 e. The van der Waals surface area contributed by atoms with Gasteiger partial charge >= 0.3 is 5.97 Å². The second-order valence-electron chi connectivity index (χ2n) is 5.48. The van der Waals surface area contributed by atoms with Crippen LogP contribution in [0, 0.1) is 10.1 Å². The van der Waals surface area contributed by atoms with E-state index >= 15 is 0 Å². The lowest BCUT2D eigenvalue weighted by atomic mass is 10.00. The molecular formula is C15H16N4O5S. The van der Waals surface area contributed by atoms with Crippen molar-refractivity contribution >= 4 is 39.7 Å². The Morgan fingerprint density at radius 1 is 1.40 bits per heavy atom. The number of thiazole rings is 1. The van der Waals surface area contributed by atoms with Crippen LogP contribution in [0.4, 0.5) is 16.6 Å². The molecule has 10 heteroatoms. The molecule has 0 aliphatic carbocycles. The van der Waals surface area contributed by atoms with Crippen LogP contribution in [0.15, 0.2) is 24.3 Å². The molecule has 0 radical (unpaired) electrons. The fourth-order valence-corrected chi connectivity index (χ4v) is 2.92. The Hall–Kier alpha value is -3.01. The maximum absolute atomic E-state index is 12.5. The Morgan fingerprint density at radius 3 is 2.48 bits per heavy atom. The van der Waals surface area contributed by atoms with Crippen molar-refractivity contribution in [3.8, 4) is 0 Å². The number of hydrogen-bond donors (Lipinski definition) is 3. The summed E-state index contributed by atoms with van der Waals surface area (Å²) in [7, 11) is 0. The number of nitro benzene ring substituents is 1. The van der Waals surface area contributed by atoms with Crippen LogP contribution in [0.2, 0.25) is 0 Å². The zero-order valence-corrected chi connectivity index (χ0v) is 14.3. The minimum atomic E-state index is -1.24. The van der Waals surface area contributed by atoms with Gasteiger partial charge in [0, 0.05) is 17.7 Å². The van der Waals surface area contributed by atoms with Gasteiger partial charge in [-0.1, -0.05) is 18.3 Å². The summed E-state index contributed by atoms with van der Waals surface area (Å²) in [6.45, 7) is 3.21. The Kier molecular flexibility index (Phi) is 5.02. The van der Waals surface area contributed by atoms with Gasteiger partial charge in [0.1, 0.15) is 16.2 Å². The first-order valence-corrected chi connectivity index (χ1v) is 8.06. The molecule has 1 aromatic heterocycles. The maximum Gasteiger partial charge on any atom is 0.329 e. The lowest BCUT2D eigenvalue weighted by molar-refractivity contribution is -0.384. The van der Waals surface area contributed by atoms with Crippen LogP contribution in [0.3, 0.4) is 0 Å². The number of carboxylic acid groups (broad SMARTS) is 1. The lowest BCUT2D eigenvalue weighted by Gasteiger charge is -2.23. The van der Waals surface area contributed by atoms with Gasteiger partial charge in [0.05, 0.1) is 4.92 Å². The monoisotopic (exact) mass is 364 g/mol. The number of carbonyl (C=O) groups excluding carboxylic acids is 1. The summed E-state index contributed by atoms with van der Waals surface area (Å²) < 4.78 is 0. The number of ketones is 1. The standard InChI is InChI=1S/C15H16N4O5S/c1-3-15(2,13(21)22)18-14-17-12(16)11(25-14)10(20)8-4-6-9(7-5-8)19(23)24/h4-7H,3,16H2,1-2H3,(H,17,18)(H,21,22). The number of carbonyl (C=O) groups is 2. The highest BCUT2D eigenvalue weighted by Gasteiger charge is 2.32. The molecule has 0 spiro atoms. The van der Waals surface area contributed by atoms with Gasteiger partial charge in [-0.25, -0.2) is 9.78 Å². The zero-order valence-electron chi connectivity index (χ0n) is 13.5. The highest BCUT2D eigenvalue weighted by molar-refractivity contribution is 7.18. The Labute approximate surface area is 146 Å². The topological polar surface area (TPSA) is 148 Å². The van der Waals surface area contributed by atoms with E-state index in [4.69, 9.17) is 5.73 Å². The van der Waals surface area contributed by atoms with Crippen LogP contribution in [-0.4, -0.2) is 32.3 Å². The minimum absolute atomic E-state index is 0.0281. The van der Waals surface area contributed by atoms with E-state index in [0.29, 0.717) is 6.42 Å². The number of anilines is 2. The molecule has 0 aliphatic rings. The van der Waals surface area contributed by atoms with Crippen LogP contribution < -0.4 is 11.1 Å². The van der Waals surface area contributed by atoms with Crippen molar-refractivity contribution in [1.82, 2.24) is 4.98 Å². The van der Waals surface area contributed by atoms with Crippen molar-refractivity contribution in [3.05, 3.63) is 44.8 Å². The van der Waals surface area contributed by atoms with Crippen molar-refractivity contribution in [3.63, 3.8) is 0 Å². The predicted molar refractivity (Wildman–Crippen MR) is 93.0 cm³/mol. The molecule has 25 heavy (non-hydrogen) atoms. The van der Waals surface area contributed by atoms with E-state index in [9.17, 15) is 24.8 Å². The SMILES string of the molecule is CCC(C)(Nc1nc(N)c(C(=O)c2ccc([N+](=O)[O-])cc2)s1)C(=O)O.